The largest absolute Gasteiger partial charge is 0.472 e. The standard InChI is InChI=1S/C79H122O16P2/c1-4-7-10-13-16-19-22-25-28-31-34-36-39-41-44-47-50-53-56-59-62-65-77(82)89-68-74(80)69-91-96(85,86)92-70-75(81)71-93-97(87,88)94-73-76(95-79(84)67-64-61-58-55-52-49-46-43-38-33-30-27-24-21-18-15-12-9-6-3)72-90-78(83)66-63-60-57-54-51-48-45-42-40-37-35-32-29-26-23-20-17-14-11-8-5-2/h7-12,16-21,25-30,34-38,41-45,49-54,74-76,80-81H,4-6,13-15,22-24,31-33,39-40,46-48,55-73H2,1-3H3,(H,85,86)(H,87,88)/b10-7-,11-8-,12-9-,19-16-,20-17-,21-18-,28-25-,29-26-,30-27-,36-34-,37-35-,43-38-,44-41-,45-42-,52-49-,53-50-,54-51-. The molecule has 0 bridgehead atoms. The minimum atomic E-state index is -4.96. The third kappa shape index (κ3) is 71.2. The van der Waals surface area contributed by atoms with Crippen molar-refractivity contribution in [3.05, 3.63) is 207 Å². The monoisotopic (exact) mass is 1390 g/mol. The summed E-state index contributed by atoms with van der Waals surface area (Å²) >= 11 is 0. The van der Waals surface area contributed by atoms with E-state index in [2.05, 4.69) is 227 Å². The van der Waals surface area contributed by atoms with Gasteiger partial charge in [0.05, 0.1) is 26.4 Å². The number of rotatable bonds is 64. The van der Waals surface area contributed by atoms with Crippen LogP contribution in [0, 0.1) is 0 Å². The average molecular weight is 1390 g/mol. The second-order valence-corrected chi connectivity index (χ2v) is 25.4. The molecule has 5 unspecified atom stereocenters. The van der Waals surface area contributed by atoms with Crippen LogP contribution in [0.3, 0.4) is 0 Å². The summed E-state index contributed by atoms with van der Waals surface area (Å²) in [7, 11) is -9.84. The highest BCUT2D eigenvalue weighted by Crippen LogP contribution is 2.45. The zero-order valence-electron chi connectivity index (χ0n) is 58.9. The molecular formula is C79H122O16P2. The molecule has 0 rings (SSSR count). The Labute approximate surface area is 584 Å². The number of hydrogen-bond donors (Lipinski definition) is 4. The Morgan fingerprint density at radius 3 is 0.814 bits per heavy atom. The van der Waals surface area contributed by atoms with E-state index >= 15 is 0 Å². The van der Waals surface area contributed by atoms with Gasteiger partial charge in [-0.15, -0.1) is 0 Å². The summed E-state index contributed by atoms with van der Waals surface area (Å²) in [5.41, 5.74) is 0. The van der Waals surface area contributed by atoms with Crippen LogP contribution >= 0.6 is 15.6 Å². The maximum Gasteiger partial charge on any atom is 0.472 e. The Hall–Kier alpha value is -5.87. The lowest BCUT2D eigenvalue weighted by atomic mass is 10.1. The molecule has 16 nitrogen and oxygen atoms in total. The molecule has 0 aromatic rings. The van der Waals surface area contributed by atoms with Crippen molar-refractivity contribution in [2.24, 2.45) is 0 Å². The Bertz CT molecular complexity index is 2590. The van der Waals surface area contributed by atoms with Crippen molar-refractivity contribution in [2.45, 2.75) is 232 Å². The molecule has 0 radical (unpaired) electrons. The van der Waals surface area contributed by atoms with Gasteiger partial charge in [-0.2, -0.15) is 0 Å². The number of ether oxygens (including phenoxy) is 3. The van der Waals surface area contributed by atoms with Gasteiger partial charge in [0.2, 0.25) is 0 Å². The van der Waals surface area contributed by atoms with Gasteiger partial charge in [-0.25, -0.2) is 9.13 Å². The second kappa shape index (κ2) is 70.0. The number of carbonyl (C=O) groups is 3. The summed E-state index contributed by atoms with van der Waals surface area (Å²) < 4.78 is 60.9. The summed E-state index contributed by atoms with van der Waals surface area (Å²) in [6.07, 6.45) is 91.6. The molecule has 0 saturated carbocycles. The fourth-order valence-corrected chi connectivity index (χ4v) is 9.77. The zero-order valence-corrected chi connectivity index (χ0v) is 60.7. The van der Waals surface area contributed by atoms with Crippen molar-refractivity contribution in [1.82, 2.24) is 0 Å². The van der Waals surface area contributed by atoms with Crippen molar-refractivity contribution >= 4 is 33.6 Å². The van der Waals surface area contributed by atoms with Crippen molar-refractivity contribution in [3.8, 4) is 0 Å². The average Bonchev–Trinajstić information content (AvgIpc) is 1.90. The molecule has 544 valence electrons. The van der Waals surface area contributed by atoms with Gasteiger partial charge in [0.1, 0.15) is 25.4 Å². The van der Waals surface area contributed by atoms with E-state index in [4.69, 9.17) is 32.3 Å². The molecule has 0 amide bonds. The van der Waals surface area contributed by atoms with E-state index in [1.54, 1.807) is 0 Å². The zero-order chi connectivity index (χ0) is 70.9. The van der Waals surface area contributed by atoms with Gasteiger partial charge in [0.25, 0.3) is 0 Å². The second-order valence-electron chi connectivity index (χ2n) is 22.5. The van der Waals surface area contributed by atoms with Gasteiger partial charge in [-0.3, -0.25) is 32.5 Å². The summed E-state index contributed by atoms with van der Waals surface area (Å²) in [6, 6.07) is 0. The number of aliphatic hydroxyl groups is 2. The number of unbranched alkanes of at least 4 members (excludes halogenated alkanes) is 7. The normalized spacial score (nSPS) is 15.3. The quantitative estimate of drug-likeness (QED) is 0.0146. The summed E-state index contributed by atoms with van der Waals surface area (Å²) in [5, 5.41) is 20.6. The first-order valence-corrected chi connectivity index (χ1v) is 38.4. The Morgan fingerprint density at radius 2 is 0.515 bits per heavy atom. The fraction of sp³-hybridized carbons (Fsp3) is 0.532. The van der Waals surface area contributed by atoms with Crippen LogP contribution in [0.15, 0.2) is 207 Å². The first-order chi connectivity index (χ1) is 47.2. The Kier molecular flexibility index (Phi) is 65.8. The van der Waals surface area contributed by atoms with Crippen molar-refractivity contribution < 1.29 is 75.8 Å². The lowest BCUT2D eigenvalue weighted by Gasteiger charge is -2.21. The van der Waals surface area contributed by atoms with E-state index in [1.165, 1.54) is 0 Å². The van der Waals surface area contributed by atoms with E-state index in [0.29, 0.717) is 19.3 Å². The van der Waals surface area contributed by atoms with Gasteiger partial charge in [-0.05, 0) is 167 Å². The highest BCUT2D eigenvalue weighted by molar-refractivity contribution is 7.47. The van der Waals surface area contributed by atoms with Crippen molar-refractivity contribution in [2.75, 3.05) is 39.6 Å². The smallest absolute Gasteiger partial charge is 0.463 e. The van der Waals surface area contributed by atoms with Crippen LogP contribution < -0.4 is 0 Å². The molecule has 0 aliphatic rings. The van der Waals surface area contributed by atoms with Gasteiger partial charge in [-0.1, -0.05) is 234 Å². The summed E-state index contributed by atoms with van der Waals surface area (Å²) in [6.45, 7) is 2.13. The molecule has 0 aromatic carbocycles. The van der Waals surface area contributed by atoms with Crippen LogP contribution in [0.4, 0.5) is 0 Å². The number of phosphoric acid groups is 2. The molecule has 0 aliphatic carbocycles. The Balaban J connectivity index is 4.88. The van der Waals surface area contributed by atoms with Gasteiger partial charge in [0.15, 0.2) is 6.10 Å². The molecule has 18 heteroatoms. The predicted octanol–water partition coefficient (Wildman–Crippen LogP) is 20.2. The molecule has 0 fully saturated rings. The summed E-state index contributed by atoms with van der Waals surface area (Å²) in [5.74, 6) is -1.73. The summed E-state index contributed by atoms with van der Waals surface area (Å²) in [4.78, 5) is 58.5. The third-order valence-electron chi connectivity index (χ3n) is 13.5. The molecular weight excluding hydrogens is 1270 g/mol. The molecule has 5 atom stereocenters. The topological polar surface area (TPSA) is 231 Å². The van der Waals surface area contributed by atoms with Crippen LogP contribution in [-0.2, 0) is 55.8 Å². The molecule has 0 aromatic heterocycles. The third-order valence-corrected chi connectivity index (χ3v) is 15.4. The van der Waals surface area contributed by atoms with E-state index in [-0.39, 0.29) is 19.3 Å². The first-order valence-electron chi connectivity index (χ1n) is 35.4. The SMILES string of the molecule is CC/C=C\C/C=C\C/C=C\C/C=C\C/C=C\C/C=C\CCCCC(=O)OCC(O)COP(=O)(O)OCC(O)COP(=O)(O)OCC(COC(=O)CCCC/C=C\C/C=C\C/C=C\C/C=C\C/C=C\C/C=C\CC)OC(=O)CCCCC/C=C\C/C=C\C/C=C\C/C=C\C/C=C\CC. The number of carbonyl (C=O) groups excluding carboxylic acids is 3. The highest BCUT2D eigenvalue weighted by atomic mass is 31.2. The molecule has 0 spiro atoms. The Morgan fingerprint density at radius 1 is 0.289 bits per heavy atom. The lowest BCUT2D eigenvalue weighted by molar-refractivity contribution is -0.161. The van der Waals surface area contributed by atoms with Crippen molar-refractivity contribution in [1.29, 1.82) is 0 Å². The maximum absolute atomic E-state index is 13.0. The van der Waals surface area contributed by atoms with E-state index in [9.17, 15) is 43.5 Å². The van der Waals surface area contributed by atoms with E-state index < -0.39 is 91.5 Å². The number of allylic oxidation sites excluding steroid dienone is 34. The highest BCUT2D eigenvalue weighted by Gasteiger charge is 2.29. The van der Waals surface area contributed by atoms with Crippen LogP contribution in [-0.4, -0.2) is 95.9 Å². The number of hydrogen-bond acceptors (Lipinski definition) is 14. The van der Waals surface area contributed by atoms with Crippen LogP contribution in [0.5, 0.6) is 0 Å². The lowest BCUT2D eigenvalue weighted by Crippen LogP contribution is -2.30. The van der Waals surface area contributed by atoms with E-state index in [0.717, 1.165) is 154 Å². The van der Waals surface area contributed by atoms with Crippen molar-refractivity contribution in [3.63, 3.8) is 0 Å². The molecule has 4 N–H and O–H groups in total. The van der Waals surface area contributed by atoms with Gasteiger partial charge < -0.3 is 34.2 Å². The van der Waals surface area contributed by atoms with Crippen LogP contribution in [0.25, 0.3) is 0 Å². The number of phosphoric ester groups is 2. The number of aliphatic hydroxyl groups excluding tert-OH is 2. The molecule has 0 heterocycles. The predicted molar refractivity (Wildman–Crippen MR) is 398 cm³/mol. The van der Waals surface area contributed by atoms with Gasteiger partial charge >= 0.3 is 33.6 Å². The minimum Gasteiger partial charge on any atom is -0.463 e. The van der Waals surface area contributed by atoms with Crippen LogP contribution in [0.2, 0.25) is 0 Å². The molecule has 97 heavy (non-hydrogen) atoms. The van der Waals surface area contributed by atoms with Gasteiger partial charge in [0, 0.05) is 19.3 Å². The minimum absolute atomic E-state index is 0.0440. The first kappa shape index (κ1) is 91.1. The number of esters is 3. The van der Waals surface area contributed by atoms with Crippen LogP contribution in [0.1, 0.15) is 213 Å². The molecule has 0 aliphatic heterocycles. The fourth-order valence-electron chi connectivity index (χ4n) is 8.19. The van der Waals surface area contributed by atoms with E-state index in [1.807, 2.05) is 0 Å². The molecule has 0 saturated heterocycles. The maximum atomic E-state index is 13.0.